The normalized spacial score (nSPS) is 10.5. The molecule has 2 N–H and O–H groups in total. The maximum absolute atomic E-state index is 11.5. The van der Waals surface area contributed by atoms with Crippen molar-refractivity contribution >= 4 is 18.0 Å². The van der Waals surface area contributed by atoms with Crippen molar-refractivity contribution in [2.75, 3.05) is 26.9 Å². The molecule has 7 heteroatoms. The Morgan fingerprint density at radius 1 is 1.22 bits per heavy atom. The lowest BCUT2D eigenvalue weighted by Crippen LogP contribution is -2.30. The Bertz CT molecular complexity index is 515. The Kier molecular flexibility index (Phi) is 9.07. The maximum Gasteiger partial charge on any atom is 0.249 e. The SMILES string of the molecule is CCOc1ccc(/C=N\NC(=O)CC(=O)NCCCOC)cc1. The van der Waals surface area contributed by atoms with Crippen molar-refractivity contribution in [2.24, 2.45) is 5.10 Å². The molecule has 0 atom stereocenters. The molecule has 0 aromatic heterocycles. The zero-order valence-corrected chi connectivity index (χ0v) is 13.5. The first kappa shape index (κ1) is 18.6. The number of amides is 2. The largest absolute Gasteiger partial charge is 0.494 e. The average Bonchev–Trinajstić information content (AvgIpc) is 2.53. The van der Waals surface area contributed by atoms with Gasteiger partial charge in [0.1, 0.15) is 12.2 Å². The number of hydrazone groups is 1. The first-order valence-corrected chi connectivity index (χ1v) is 7.46. The first-order chi connectivity index (χ1) is 11.2. The number of methoxy groups -OCH3 is 1. The zero-order chi connectivity index (χ0) is 16.9. The molecular weight excluding hydrogens is 298 g/mol. The van der Waals surface area contributed by atoms with E-state index in [1.807, 2.05) is 31.2 Å². The maximum atomic E-state index is 11.5. The van der Waals surface area contributed by atoms with Gasteiger partial charge in [-0.25, -0.2) is 5.43 Å². The summed E-state index contributed by atoms with van der Waals surface area (Å²) in [5.41, 5.74) is 3.13. The van der Waals surface area contributed by atoms with E-state index in [1.54, 1.807) is 7.11 Å². The standard InChI is InChI=1S/C16H23N3O4/c1-3-23-14-7-5-13(6-8-14)12-18-19-16(21)11-15(20)17-9-4-10-22-2/h5-8,12H,3-4,9-11H2,1-2H3,(H,17,20)(H,19,21)/b18-12-. The van der Waals surface area contributed by atoms with Gasteiger partial charge in [0.25, 0.3) is 0 Å². The van der Waals surface area contributed by atoms with Crippen LogP contribution in [-0.2, 0) is 14.3 Å². The topological polar surface area (TPSA) is 89.0 Å². The molecule has 0 radical (unpaired) electrons. The van der Waals surface area contributed by atoms with Crippen molar-refractivity contribution in [2.45, 2.75) is 19.8 Å². The number of rotatable bonds is 10. The summed E-state index contributed by atoms with van der Waals surface area (Å²) in [6.45, 7) is 3.57. The van der Waals surface area contributed by atoms with E-state index in [4.69, 9.17) is 9.47 Å². The third-order valence-corrected chi connectivity index (χ3v) is 2.76. The van der Waals surface area contributed by atoms with Crippen LogP contribution in [0.25, 0.3) is 0 Å². The van der Waals surface area contributed by atoms with Crippen LogP contribution in [0.5, 0.6) is 5.75 Å². The number of carbonyl (C=O) groups is 2. The molecule has 7 nitrogen and oxygen atoms in total. The summed E-state index contributed by atoms with van der Waals surface area (Å²) in [6.07, 6.45) is 1.96. The monoisotopic (exact) mass is 321 g/mol. The molecule has 1 aromatic rings. The molecule has 0 fully saturated rings. The van der Waals surface area contributed by atoms with Crippen LogP contribution in [0.4, 0.5) is 0 Å². The smallest absolute Gasteiger partial charge is 0.249 e. The highest BCUT2D eigenvalue weighted by molar-refractivity contribution is 5.97. The lowest BCUT2D eigenvalue weighted by atomic mass is 10.2. The van der Waals surface area contributed by atoms with E-state index in [0.717, 1.165) is 11.3 Å². The van der Waals surface area contributed by atoms with Crippen LogP contribution in [0, 0.1) is 0 Å². The van der Waals surface area contributed by atoms with E-state index in [0.29, 0.717) is 26.2 Å². The van der Waals surface area contributed by atoms with E-state index in [-0.39, 0.29) is 12.3 Å². The highest BCUT2D eigenvalue weighted by atomic mass is 16.5. The highest BCUT2D eigenvalue weighted by Crippen LogP contribution is 2.10. The van der Waals surface area contributed by atoms with Gasteiger partial charge in [0.15, 0.2) is 0 Å². The predicted octanol–water partition coefficient (Wildman–Crippen LogP) is 1.08. The quantitative estimate of drug-likeness (QED) is 0.292. The fraction of sp³-hybridized carbons (Fsp3) is 0.438. The summed E-state index contributed by atoms with van der Waals surface area (Å²) in [6, 6.07) is 7.28. The van der Waals surface area contributed by atoms with Crippen LogP contribution in [0.2, 0.25) is 0 Å². The molecule has 0 unspecified atom stereocenters. The van der Waals surface area contributed by atoms with Crippen LogP contribution < -0.4 is 15.5 Å². The van der Waals surface area contributed by atoms with Crippen molar-refractivity contribution in [1.82, 2.24) is 10.7 Å². The molecule has 0 aliphatic carbocycles. The lowest BCUT2D eigenvalue weighted by Gasteiger charge is -2.04. The number of nitrogens with zero attached hydrogens (tertiary/aromatic N) is 1. The van der Waals surface area contributed by atoms with Crippen molar-refractivity contribution in [3.05, 3.63) is 29.8 Å². The number of carbonyl (C=O) groups excluding carboxylic acids is 2. The van der Waals surface area contributed by atoms with Crippen molar-refractivity contribution < 1.29 is 19.1 Å². The molecule has 2 amide bonds. The second kappa shape index (κ2) is 11.2. The van der Waals surface area contributed by atoms with Crippen LogP contribution in [0.1, 0.15) is 25.3 Å². The predicted molar refractivity (Wildman–Crippen MR) is 87.5 cm³/mol. The second-order valence-corrected chi connectivity index (χ2v) is 4.67. The Balaban J connectivity index is 2.27. The Labute approximate surface area is 136 Å². The van der Waals surface area contributed by atoms with Crippen molar-refractivity contribution in [1.29, 1.82) is 0 Å². The molecule has 0 spiro atoms. The molecule has 1 aromatic carbocycles. The van der Waals surface area contributed by atoms with Gasteiger partial charge in [-0.3, -0.25) is 9.59 Å². The van der Waals surface area contributed by atoms with Gasteiger partial charge in [0.2, 0.25) is 11.8 Å². The summed E-state index contributed by atoms with van der Waals surface area (Å²) in [5.74, 6) is -0.0230. The third kappa shape index (κ3) is 8.57. The van der Waals surface area contributed by atoms with E-state index < -0.39 is 5.91 Å². The van der Waals surface area contributed by atoms with Gasteiger partial charge in [-0.15, -0.1) is 0 Å². The number of ether oxygens (including phenoxy) is 2. The van der Waals surface area contributed by atoms with Gasteiger partial charge < -0.3 is 14.8 Å². The van der Waals surface area contributed by atoms with E-state index in [1.165, 1.54) is 6.21 Å². The van der Waals surface area contributed by atoms with Crippen molar-refractivity contribution in [3.8, 4) is 5.75 Å². The molecule has 0 bridgehead atoms. The van der Waals surface area contributed by atoms with Crippen LogP contribution >= 0.6 is 0 Å². The third-order valence-electron chi connectivity index (χ3n) is 2.76. The molecule has 0 saturated heterocycles. The van der Waals surface area contributed by atoms with E-state index >= 15 is 0 Å². The summed E-state index contributed by atoms with van der Waals surface area (Å²) in [7, 11) is 1.59. The van der Waals surface area contributed by atoms with Crippen LogP contribution in [-0.4, -0.2) is 44.9 Å². The molecule has 0 aliphatic rings. The van der Waals surface area contributed by atoms with Gasteiger partial charge in [-0.05, 0) is 43.2 Å². The van der Waals surface area contributed by atoms with Crippen LogP contribution in [0.15, 0.2) is 29.4 Å². The molecule has 126 valence electrons. The van der Waals surface area contributed by atoms with Crippen LogP contribution in [0.3, 0.4) is 0 Å². The van der Waals surface area contributed by atoms with E-state index in [2.05, 4.69) is 15.8 Å². The van der Waals surface area contributed by atoms with Gasteiger partial charge in [0.05, 0.1) is 12.8 Å². The number of nitrogens with one attached hydrogen (secondary N) is 2. The minimum absolute atomic E-state index is 0.256. The highest BCUT2D eigenvalue weighted by Gasteiger charge is 2.07. The summed E-state index contributed by atoms with van der Waals surface area (Å²) in [4.78, 5) is 23.0. The number of hydrogen-bond acceptors (Lipinski definition) is 5. The van der Waals surface area contributed by atoms with Gasteiger partial charge >= 0.3 is 0 Å². The zero-order valence-electron chi connectivity index (χ0n) is 13.5. The molecular formula is C16H23N3O4. The number of hydrogen-bond donors (Lipinski definition) is 2. The summed E-state index contributed by atoms with van der Waals surface area (Å²) < 4.78 is 10.2. The Morgan fingerprint density at radius 2 is 1.96 bits per heavy atom. The fourth-order valence-corrected chi connectivity index (χ4v) is 1.69. The Morgan fingerprint density at radius 3 is 2.61 bits per heavy atom. The molecule has 0 aliphatic heterocycles. The first-order valence-electron chi connectivity index (χ1n) is 7.46. The van der Waals surface area contributed by atoms with Gasteiger partial charge in [-0.1, -0.05) is 0 Å². The summed E-state index contributed by atoms with van der Waals surface area (Å²) in [5, 5.41) is 6.44. The summed E-state index contributed by atoms with van der Waals surface area (Å²) >= 11 is 0. The van der Waals surface area contributed by atoms with Gasteiger partial charge in [0, 0.05) is 20.3 Å². The second-order valence-electron chi connectivity index (χ2n) is 4.67. The molecule has 0 saturated carbocycles. The Hall–Kier alpha value is -2.41. The van der Waals surface area contributed by atoms with Gasteiger partial charge in [-0.2, -0.15) is 5.10 Å². The lowest BCUT2D eigenvalue weighted by molar-refractivity contribution is -0.129. The molecule has 0 heterocycles. The average molecular weight is 321 g/mol. The fourth-order valence-electron chi connectivity index (χ4n) is 1.69. The van der Waals surface area contributed by atoms with E-state index in [9.17, 15) is 9.59 Å². The molecule has 23 heavy (non-hydrogen) atoms. The number of benzene rings is 1. The molecule has 1 rings (SSSR count). The van der Waals surface area contributed by atoms with Crippen molar-refractivity contribution in [3.63, 3.8) is 0 Å². The minimum Gasteiger partial charge on any atom is -0.494 e. The minimum atomic E-state index is -0.462.